The van der Waals surface area contributed by atoms with Crippen LogP contribution in [0.5, 0.6) is 0 Å². The number of rotatable bonds is 3. The molecular weight excluding hydrogens is 1370 g/mol. The molecule has 3 fully saturated rings. The number of aromatic nitrogens is 10. The molecule has 562 valence electrons. The lowest BCUT2D eigenvalue weighted by Crippen LogP contribution is -2.29. The van der Waals surface area contributed by atoms with E-state index in [9.17, 15) is 4.79 Å². The van der Waals surface area contributed by atoms with Gasteiger partial charge in [-0.05, 0) is 116 Å². The van der Waals surface area contributed by atoms with Crippen LogP contribution in [0.2, 0.25) is 10.2 Å². The normalized spacial score (nSPS) is 16.7. The van der Waals surface area contributed by atoms with Crippen LogP contribution in [0.1, 0.15) is 284 Å². The highest BCUT2D eigenvalue weighted by atomic mass is 35.5. The van der Waals surface area contributed by atoms with Crippen molar-refractivity contribution in [2.45, 2.75) is 291 Å². The Morgan fingerprint density at radius 3 is 1.44 bits per heavy atom. The summed E-state index contributed by atoms with van der Waals surface area (Å²) >= 11 is 14.5. The van der Waals surface area contributed by atoms with Crippen LogP contribution in [0, 0.1) is 63.1 Å². The lowest BCUT2D eigenvalue weighted by molar-refractivity contribution is 0.256. The molecule has 5 unspecified atom stereocenters. The minimum atomic E-state index is -0.178. The van der Waals surface area contributed by atoms with Gasteiger partial charge in [-0.1, -0.05) is 250 Å². The Bertz CT molecular complexity index is 3830. The summed E-state index contributed by atoms with van der Waals surface area (Å²) in [6.07, 6.45) is 9.53. The standard InChI is InChI=1S/C11H13NOS.C9H18O.2C8H10ClN.C8H10N2O.2C7H9N3O.C7H12N2S.C7H14O.C6H12O/c1-11(2,3)12-10(13)8-6-4-5-7-9(8)14-12;1-6(2)7-8(10-7)9(3,4)5;1-6(2)7-5-10-4-3-8(7)9;1-6(2)7-3-4-8(9)10-5-7;1-8(2,3)6-5-10-7(4-9)11-6;1-7(2,3)6-10-9-5(4-8)11-6;1-7(2,3)6-9-5(4-8)11-10-6;1-5-8-6(9-10-5)7(2,3)4;1-5-6(8-5)7(2,3)4;1-6(2,3)5-4-7-5/h4-7H,1-3H3;6-8H,1-5H3;2*3-6H,1-2H3;5H,1-3H3;2*1-3H3;1-4H3;5-6H,1-4H3;5H,4H2,1-3H3. The van der Waals surface area contributed by atoms with Gasteiger partial charge in [0.05, 0.1) is 58.9 Å². The fourth-order valence-corrected chi connectivity index (χ4v) is 10.5. The summed E-state index contributed by atoms with van der Waals surface area (Å²) in [7, 11) is 0. The van der Waals surface area contributed by atoms with Gasteiger partial charge < -0.3 is 27.6 Å². The number of halogens is 2. The van der Waals surface area contributed by atoms with E-state index in [1.54, 1.807) is 24.5 Å². The summed E-state index contributed by atoms with van der Waals surface area (Å²) in [5.74, 6) is 4.61. The second-order valence-electron chi connectivity index (χ2n) is 34.3. The number of epoxide rings is 3. The molecule has 0 radical (unpaired) electrons. The Labute approximate surface area is 627 Å². The predicted molar refractivity (Wildman–Crippen MR) is 412 cm³/mol. The van der Waals surface area contributed by atoms with Crippen molar-refractivity contribution in [1.82, 2.24) is 48.6 Å². The predicted octanol–water partition coefficient (Wildman–Crippen LogP) is 20.7. The molecule has 0 aliphatic carbocycles. The summed E-state index contributed by atoms with van der Waals surface area (Å²) in [6.45, 7) is 68.1. The fourth-order valence-electron chi connectivity index (χ4n) is 8.35. The summed E-state index contributed by atoms with van der Waals surface area (Å²) in [4.78, 5) is 31.8. The maximum absolute atomic E-state index is 11.9. The smallest absolute Gasteiger partial charge is 0.329 e. The number of hydrogen-bond acceptors (Lipinski definition) is 21. The molecule has 0 spiro atoms. The zero-order valence-electron chi connectivity index (χ0n) is 66.9. The van der Waals surface area contributed by atoms with Crippen LogP contribution in [0.25, 0.3) is 10.1 Å². The molecule has 102 heavy (non-hydrogen) atoms. The van der Waals surface area contributed by atoms with Crippen LogP contribution in [0.3, 0.4) is 0 Å². The van der Waals surface area contributed by atoms with Crippen molar-refractivity contribution in [3.63, 3.8) is 0 Å². The van der Waals surface area contributed by atoms with Crippen LogP contribution in [0.15, 0.2) is 85.4 Å². The first-order chi connectivity index (χ1) is 46.6. The van der Waals surface area contributed by atoms with Gasteiger partial charge in [0.25, 0.3) is 5.56 Å². The van der Waals surface area contributed by atoms with Gasteiger partial charge in [0.1, 0.15) is 21.7 Å². The molecular formula is C78H117Cl2N13O7S2. The van der Waals surface area contributed by atoms with Gasteiger partial charge in [-0.15, -0.1) is 5.10 Å². The maximum atomic E-state index is 11.9. The lowest BCUT2D eigenvalue weighted by atomic mass is 9.87. The molecule has 3 saturated heterocycles. The van der Waals surface area contributed by atoms with Crippen molar-refractivity contribution in [3.8, 4) is 18.2 Å². The third-order valence-electron chi connectivity index (χ3n) is 14.7. The molecule has 1 aromatic carbocycles. The maximum Gasteiger partial charge on any atom is 0.329 e. The van der Waals surface area contributed by atoms with Gasteiger partial charge in [-0.2, -0.15) is 25.1 Å². The van der Waals surface area contributed by atoms with E-state index in [0.29, 0.717) is 81.4 Å². The highest BCUT2D eigenvalue weighted by Gasteiger charge is 2.48. The van der Waals surface area contributed by atoms with Crippen LogP contribution < -0.4 is 5.56 Å². The van der Waals surface area contributed by atoms with Gasteiger partial charge in [0.15, 0.2) is 24.0 Å². The molecule has 11 rings (SSSR count). The lowest BCUT2D eigenvalue weighted by Gasteiger charge is -2.17. The van der Waals surface area contributed by atoms with E-state index in [2.05, 4.69) is 181 Å². The number of aryl methyl sites for hydroxylation is 1. The van der Waals surface area contributed by atoms with E-state index in [1.165, 1.54) is 28.6 Å². The number of nitrogens with zero attached hydrogens (tertiary/aromatic N) is 13. The van der Waals surface area contributed by atoms with E-state index in [1.807, 2.05) is 155 Å². The molecule has 20 nitrogen and oxygen atoms in total. The zero-order valence-corrected chi connectivity index (χ0v) is 70.1. The van der Waals surface area contributed by atoms with Gasteiger partial charge in [0.2, 0.25) is 5.89 Å². The number of ether oxygens (including phenoxy) is 3. The number of benzene rings is 1. The Kier molecular flexibility index (Phi) is 34.7. The Hall–Kier alpha value is -6.81. The van der Waals surface area contributed by atoms with Crippen LogP contribution in [-0.2, 0) is 41.4 Å². The number of hydrogen-bond donors (Lipinski definition) is 0. The number of pyridine rings is 2. The first-order valence-corrected chi connectivity index (χ1v) is 36.8. The van der Waals surface area contributed by atoms with E-state index < -0.39 is 0 Å². The quantitative estimate of drug-likeness (QED) is 0.117. The molecule has 0 amide bonds. The number of oxazole rings is 1. The van der Waals surface area contributed by atoms with Gasteiger partial charge in [-0.25, -0.2) is 15.0 Å². The highest BCUT2D eigenvalue weighted by Crippen LogP contribution is 2.42. The third kappa shape index (κ3) is 33.3. The zero-order chi connectivity index (χ0) is 78.5. The van der Waals surface area contributed by atoms with Crippen molar-refractivity contribution in [3.05, 3.63) is 145 Å². The molecule has 10 heterocycles. The molecule has 0 saturated carbocycles. The molecule has 3 aliphatic heterocycles. The summed E-state index contributed by atoms with van der Waals surface area (Å²) in [5.41, 5.74) is 3.13. The van der Waals surface area contributed by atoms with Gasteiger partial charge in [-0.3, -0.25) is 13.7 Å². The molecule has 0 N–H and O–H groups in total. The fraction of sp³-hybridized carbons (Fsp3) is 0.628. The first kappa shape index (κ1) is 91.3. The highest BCUT2D eigenvalue weighted by molar-refractivity contribution is 7.13. The van der Waals surface area contributed by atoms with Crippen LogP contribution >= 0.6 is 46.3 Å². The van der Waals surface area contributed by atoms with E-state index in [4.69, 9.17) is 62.0 Å². The van der Waals surface area contributed by atoms with Crippen molar-refractivity contribution >= 4 is 56.4 Å². The number of fused-ring (bicyclic) bond motifs is 1. The molecule has 5 atom stereocenters. The van der Waals surface area contributed by atoms with E-state index in [-0.39, 0.29) is 50.4 Å². The van der Waals surface area contributed by atoms with Crippen molar-refractivity contribution in [2.24, 2.45) is 22.2 Å². The number of nitriles is 3. The van der Waals surface area contributed by atoms with E-state index >= 15 is 0 Å². The second kappa shape index (κ2) is 38.8. The average Bonchev–Trinajstić information content (AvgIpc) is 1.65. The SMILES string of the molecule is CC(C)(C)C1CO1.CC(C)(C)c1cnc(C#N)o1.CC(C)(C)c1nnc(C#N)o1.CC(C)(C)c1noc(C#N)n1.CC(C)(C)n1sc2ccccc2c1=O.CC(C)C1OC1C(C)(C)C.CC(C)c1ccc(Cl)nc1.CC(C)c1cnccc1Cl.CC1OC1C(C)(C)C.Cc1nc(C(C)(C)C)ns1. The third-order valence-corrected chi connectivity index (χ3v) is 17.4. The van der Waals surface area contributed by atoms with Crippen molar-refractivity contribution in [1.29, 1.82) is 15.8 Å². The van der Waals surface area contributed by atoms with Crippen LogP contribution in [-0.4, -0.2) is 85.7 Å². The molecule has 24 heteroatoms. The molecule has 7 aromatic heterocycles. The largest absolute Gasteiger partial charge is 0.433 e. The Morgan fingerprint density at radius 2 is 1.17 bits per heavy atom. The van der Waals surface area contributed by atoms with Gasteiger partial charge in [0, 0.05) is 45.3 Å². The van der Waals surface area contributed by atoms with Crippen molar-refractivity contribution in [2.75, 3.05) is 6.61 Å². The van der Waals surface area contributed by atoms with Crippen LogP contribution in [0.4, 0.5) is 0 Å². The summed E-state index contributed by atoms with van der Waals surface area (Å²) in [6, 6.07) is 18.8. The molecule has 8 aromatic rings. The topological polar surface area (TPSA) is 286 Å². The van der Waals surface area contributed by atoms with Gasteiger partial charge >= 0.3 is 17.7 Å². The second-order valence-corrected chi connectivity index (χ2v) is 37.0. The monoisotopic (exact) mass is 1480 g/mol. The Morgan fingerprint density at radius 1 is 0.608 bits per heavy atom. The van der Waals surface area contributed by atoms with Crippen molar-refractivity contribution < 1.29 is 27.6 Å². The minimum Gasteiger partial charge on any atom is -0.433 e. The molecule has 0 bridgehead atoms. The minimum absolute atomic E-state index is 0.0231. The first-order valence-electron chi connectivity index (χ1n) is 34.5. The average molecular weight is 1480 g/mol. The summed E-state index contributed by atoms with van der Waals surface area (Å²) < 4.78 is 37.8. The summed E-state index contributed by atoms with van der Waals surface area (Å²) in [5, 5.41) is 39.3. The molecule has 3 aliphatic rings. The van der Waals surface area contributed by atoms with E-state index in [0.717, 1.165) is 43.9 Å². The Balaban J connectivity index is 0.000000387.